The number of primary sulfonamides is 1. The second-order valence-corrected chi connectivity index (χ2v) is 4.95. The Morgan fingerprint density at radius 1 is 1.39 bits per heavy atom. The molecule has 0 saturated carbocycles. The number of anilines is 2. The van der Waals surface area contributed by atoms with Crippen LogP contribution >= 0.6 is 0 Å². The SMILES string of the molecule is NC(=O)OCCNc1cc(S(N)(=O)=O)ccc1N. The van der Waals surface area contributed by atoms with Gasteiger partial charge in [0, 0.05) is 6.54 Å². The topological polar surface area (TPSA) is 151 Å². The molecule has 0 radical (unpaired) electrons. The summed E-state index contributed by atoms with van der Waals surface area (Å²) >= 11 is 0. The normalized spacial score (nSPS) is 10.9. The van der Waals surface area contributed by atoms with Gasteiger partial charge in [0.2, 0.25) is 10.0 Å². The number of nitrogens with one attached hydrogen (secondary N) is 1. The van der Waals surface area contributed by atoms with Gasteiger partial charge >= 0.3 is 6.09 Å². The lowest BCUT2D eigenvalue weighted by molar-refractivity contribution is 0.161. The van der Waals surface area contributed by atoms with Gasteiger partial charge in [-0.05, 0) is 18.2 Å². The molecule has 0 saturated heterocycles. The average molecular weight is 274 g/mol. The van der Waals surface area contributed by atoms with Gasteiger partial charge in [-0.1, -0.05) is 0 Å². The van der Waals surface area contributed by atoms with Crippen LogP contribution in [-0.4, -0.2) is 27.7 Å². The van der Waals surface area contributed by atoms with Crippen LogP contribution in [0.4, 0.5) is 16.2 Å². The van der Waals surface area contributed by atoms with Crippen LogP contribution in [0.25, 0.3) is 0 Å². The largest absolute Gasteiger partial charge is 0.448 e. The summed E-state index contributed by atoms with van der Waals surface area (Å²) in [4.78, 5) is 10.3. The predicted octanol–water partition coefficient (Wildman–Crippen LogP) is -0.577. The molecule has 100 valence electrons. The summed E-state index contributed by atoms with van der Waals surface area (Å²) in [6.45, 7) is 0.273. The number of sulfonamides is 1. The maximum atomic E-state index is 11.1. The highest BCUT2D eigenvalue weighted by Crippen LogP contribution is 2.21. The van der Waals surface area contributed by atoms with Gasteiger partial charge in [-0.2, -0.15) is 0 Å². The molecule has 0 aliphatic carbocycles. The van der Waals surface area contributed by atoms with Gasteiger partial charge in [-0.3, -0.25) is 0 Å². The van der Waals surface area contributed by atoms with Gasteiger partial charge in [0.05, 0.1) is 16.3 Å². The molecule has 8 nitrogen and oxygen atoms in total. The van der Waals surface area contributed by atoms with Gasteiger partial charge < -0.3 is 21.5 Å². The summed E-state index contributed by atoms with van der Waals surface area (Å²) in [6.07, 6.45) is -0.886. The monoisotopic (exact) mass is 274 g/mol. The van der Waals surface area contributed by atoms with Crippen molar-refractivity contribution in [2.45, 2.75) is 4.90 Å². The second-order valence-electron chi connectivity index (χ2n) is 3.39. The molecule has 0 unspecified atom stereocenters. The van der Waals surface area contributed by atoms with E-state index in [0.717, 1.165) is 0 Å². The van der Waals surface area contributed by atoms with E-state index in [2.05, 4.69) is 10.1 Å². The lowest BCUT2D eigenvalue weighted by Gasteiger charge is -2.10. The molecule has 1 rings (SSSR count). The second kappa shape index (κ2) is 5.56. The molecule has 1 amide bonds. The lowest BCUT2D eigenvalue weighted by Crippen LogP contribution is -2.19. The molecule has 7 N–H and O–H groups in total. The number of carbonyl (C=O) groups is 1. The van der Waals surface area contributed by atoms with Crippen LogP contribution < -0.4 is 21.9 Å². The van der Waals surface area contributed by atoms with Crippen molar-refractivity contribution in [3.8, 4) is 0 Å². The van der Waals surface area contributed by atoms with E-state index in [0.29, 0.717) is 11.4 Å². The van der Waals surface area contributed by atoms with E-state index >= 15 is 0 Å². The molecular weight excluding hydrogens is 260 g/mol. The van der Waals surface area contributed by atoms with E-state index < -0.39 is 16.1 Å². The van der Waals surface area contributed by atoms with Gasteiger partial charge in [-0.15, -0.1) is 0 Å². The van der Waals surface area contributed by atoms with E-state index in [1.54, 1.807) is 0 Å². The highest BCUT2D eigenvalue weighted by atomic mass is 32.2. The van der Waals surface area contributed by atoms with Crippen molar-refractivity contribution >= 4 is 27.5 Å². The molecule has 0 fully saturated rings. The Balaban J connectivity index is 2.73. The van der Waals surface area contributed by atoms with E-state index in [4.69, 9.17) is 16.6 Å². The third-order valence-corrected chi connectivity index (χ3v) is 2.93. The van der Waals surface area contributed by atoms with Crippen molar-refractivity contribution in [2.75, 3.05) is 24.2 Å². The number of rotatable bonds is 5. The Labute approximate surface area is 104 Å². The fraction of sp³-hybridized carbons (Fsp3) is 0.222. The molecular formula is C9H14N4O4S. The van der Waals surface area contributed by atoms with Crippen LogP contribution in [0.15, 0.2) is 23.1 Å². The summed E-state index contributed by atoms with van der Waals surface area (Å²) in [5, 5.41) is 7.79. The van der Waals surface area contributed by atoms with Crippen LogP contribution in [0, 0.1) is 0 Å². The van der Waals surface area contributed by atoms with Crippen LogP contribution in [-0.2, 0) is 14.8 Å². The van der Waals surface area contributed by atoms with Crippen molar-refractivity contribution in [3.63, 3.8) is 0 Å². The number of primary amides is 1. The molecule has 18 heavy (non-hydrogen) atoms. The smallest absolute Gasteiger partial charge is 0.404 e. The predicted molar refractivity (Wildman–Crippen MR) is 66.3 cm³/mol. The summed E-state index contributed by atoms with van der Waals surface area (Å²) in [5.74, 6) is 0. The minimum atomic E-state index is -3.79. The summed E-state index contributed by atoms with van der Waals surface area (Å²) < 4.78 is 26.8. The van der Waals surface area contributed by atoms with Crippen molar-refractivity contribution in [1.29, 1.82) is 0 Å². The lowest BCUT2D eigenvalue weighted by atomic mass is 10.2. The molecule has 0 aliphatic heterocycles. The zero-order valence-electron chi connectivity index (χ0n) is 9.42. The molecule has 0 aliphatic rings. The first-order valence-electron chi connectivity index (χ1n) is 4.89. The first kappa shape index (κ1) is 14.1. The zero-order chi connectivity index (χ0) is 13.8. The first-order valence-corrected chi connectivity index (χ1v) is 6.44. The van der Waals surface area contributed by atoms with E-state index in [1.807, 2.05) is 0 Å². The molecule has 0 heterocycles. The number of carbonyl (C=O) groups excluding carboxylic acids is 1. The molecule has 9 heteroatoms. The molecule has 0 spiro atoms. The Bertz CT molecular complexity index is 543. The zero-order valence-corrected chi connectivity index (χ0v) is 10.2. The van der Waals surface area contributed by atoms with Gasteiger partial charge in [0.25, 0.3) is 0 Å². The van der Waals surface area contributed by atoms with E-state index in [-0.39, 0.29) is 18.0 Å². The number of amides is 1. The Hall–Kier alpha value is -2.00. The minimum Gasteiger partial charge on any atom is -0.448 e. The summed E-state index contributed by atoms with van der Waals surface area (Å²) in [5.41, 5.74) is 11.2. The fourth-order valence-electron chi connectivity index (χ4n) is 1.20. The molecule has 0 atom stereocenters. The number of ether oxygens (including phenoxy) is 1. The first-order chi connectivity index (χ1) is 8.30. The number of nitrogens with two attached hydrogens (primary N) is 3. The van der Waals surface area contributed by atoms with Crippen LogP contribution in [0.3, 0.4) is 0 Å². The average Bonchev–Trinajstić information content (AvgIpc) is 2.24. The van der Waals surface area contributed by atoms with Crippen molar-refractivity contribution < 1.29 is 17.9 Å². The molecule has 0 bridgehead atoms. The molecule has 1 aromatic carbocycles. The number of nitrogen functional groups attached to an aromatic ring is 1. The standard InChI is InChI=1S/C9H14N4O4S/c10-7-2-1-6(18(12,15)16)5-8(7)13-3-4-17-9(11)14/h1-2,5,13H,3-4,10H2,(H2,11,14)(H2,12,15,16). The number of hydrogen-bond acceptors (Lipinski definition) is 6. The van der Waals surface area contributed by atoms with Crippen molar-refractivity contribution in [1.82, 2.24) is 0 Å². The van der Waals surface area contributed by atoms with Crippen LogP contribution in [0.5, 0.6) is 0 Å². The van der Waals surface area contributed by atoms with Gasteiger partial charge in [0.15, 0.2) is 0 Å². The minimum absolute atomic E-state index is 0.0361. The number of hydrogen-bond donors (Lipinski definition) is 4. The molecule has 1 aromatic rings. The fourth-order valence-corrected chi connectivity index (χ4v) is 1.74. The van der Waals surface area contributed by atoms with Crippen LogP contribution in [0.1, 0.15) is 0 Å². The third-order valence-electron chi connectivity index (χ3n) is 2.02. The van der Waals surface area contributed by atoms with E-state index in [9.17, 15) is 13.2 Å². The van der Waals surface area contributed by atoms with Crippen molar-refractivity contribution in [2.24, 2.45) is 10.9 Å². The molecule has 0 aromatic heterocycles. The third kappa shape index (κ3) is 4.11. The highest BCUT2D eigenvalue weighted by Gasteiger charge is 2.10. The summed E-state index contributed by atoms with van der Waals surface area (Å²) in [7, 11) is -3.79. The van der Waals surface area contributed by atoms with E-state index in [1.165, 1.54) is 18.2 Å². The number of benzene rings is 1. The van der Waals surface area contributed by atoms with Crippen LogP contribution in [0.2, 0.25) is 0 Å². The Kier molecular flexibility index (Phi) is 4.34. The van der Waals surface area contributed by atoms with Gasteiger partial charge in [0.1, 0.15) is 6.61 Å². The quantitative estimate of drug-likeness (QED) is 0.416. The Morgan fingerprint density at radius 2 is 2.06 bits per heavy atom. The maximum Gasteiger partial charge on any atom is 0.404 e. The van der Waals surface area contributed by atoms with Gasteiger partial charge in [-0.25, -0.2) is 18.4 Å². The summed E-state index contributed by atoms with van der Waals surface area (Å²) in [6, 6.07) is 4.02. The maximum absolute atomic E-state index is 11.1. The highest BCUT2D eigenvalue weighted by molar-refractivity contribution is 7.89. The Morgan fingerprint density at radius 3 is 2.61 bits per heavy atom. The van der Waals surface area contributed by atoms with Crippen molar-refractivity contribution in [3.05, 3.63) is 18.2 Å².